The summed E-state index contributed by atoms with van der Waals surface area (Å²) in [6.07, 6.45) is 17.3. The summed E-state index contributed by atoms with van der Waals surface area (Å²) >= 11 is 0. The zero-order valence-corrected chi connectivity index (χ0v) is 15.4. The van der Waals surface area contributed by atoms with Gasteiger partial charge in [-0.3, -0.25) is 0 Å². The average Bonchev–Trinajstić information content (AvgIpc) is 2.69. The van der Waals surface area contributed by atoms with Gasteiger partial charge in [-0.2, -0.15) is 5.26 Å². The molecule has 2 aromatic rings. The molecule has 130 valence electrons. The lowest BCUT2D eigenvalue weighted by Crippen LogP contribution is -1.88. The Bertz CT molecular complexity index is 822. The zero-order valence-electron chi connectivity index (χ0n) is 15.4. The maximum absolute atomic E-state index is 8.91. The van der Waals surface area contributed by atoms with Gasteiger partial charge in [0.2, 0.25) is 0 Å². The highest BCUT2D eigenvalue weighted by Crippen LogP contribution is 2.17. The lowest BCUT2D eigenvalue weighted by molar-refractivity contribution is 0.717. The summed E-state index contributed by atoms with van der Waals surface area (Å²) in [6, 6.07) is 18.5. The van der Waals surface area contributed by atoms with E-state index in [0.717, 1.165) is 24.0 Å². The molecule has 0 radical (unpaired) electrons. The van der Waals surface area contributed by atoms with Crippen LogP contribution in [0.3, 0.4) is 0 Å². The molecule has 0 N–H and O–H groups in total. The summed E-state index contributed by atoms with van der Waals surface area (Å²) in [4.78, 5) is 0. The van der Waals surface area contributed by atoms with E-state index in [1.54, 1.807) is 6.08 Å². The Balaban J connectivity index is 1.99. The number of aryl methyl sites for hydroxylation is 1. The Morgan fingerprint density at radius 2 is 1.69 bits per heavy atom. The third-order valence-electron chi connectivity index (χ3n) is 4.33. The third kappa shape index (κ3) is 6.12. The molecule has 26 heavy (non-hydrogen) atoms. The van der Waals surface area contributed by atoms with Crippen molar-refractivity contribution in [1.82, 2.24) is 0 Å². The number of terminal acetylenes is 1. The Hall–Kier alpha value is -3.03. The second-order valence-electron chi connectivity index (χ2n) is 6.34. The summed E-state index contributed by atoms with van der Waals surface area (Å²) in [7, 11) is 0. The van der Waals surface area contributed by atoms with Crippen molar-refractivity contribution in [2.75, 3.05) is 0 Å². The van der Waals surface area contributed by atoms with E-state index in [-0.39, 0.29) is 0 Å². The predicted molar refractivity (Wildman–Crippen MR) is 110 cm³/mol. The maximum atomic E-state index is 8.91. The molecular weight excluding hydrogens is 314 g/mol. The number of nitriles is 1. The molecular formula is C25H25N. The minimum atomic E-state index is 0.650. The summed E-state index contributed by atoms with van der Waals surface area (Å²) < 4.78 is 0. The number of rotatable bonds is 8. The summed E-state index contributed by atoms with van der Waals surface area (Å²) in [5.74, 6) is 2.60. The molecule has 1 heteroatoms. The minimum Gasteiger partial charge on any atom is -0.192 e. The average molecular weight is 339 g/mol. The van der Waals surface area contributed by atoms with Crippen LogP contribution < -0.4 is 0 Å². The van der Waals surface area contributed by atoms with Gasteiger partial charge in [0.15, 0.2) is 0 Å². The topological polar surface area (TPSA) is 23.8 Å². The first-order chi connectivity index (χ1) is 12.8. The Morgan fingerprint density at radius 1 is 1.00 bits per heavy atom. The quantitative estimate of drug-likeness (QED) is 0.323. The molecule has 0 amide bonds. The maximum Gasteiger partial charge on any atom is 0.0991 e. The first-order valence-electron chi connectivity index (χ1n) is 9.18. The van der Waals surface area contributed by atoms with E-state index in [1.165, 1.54) is 30.4 Å². The third-order valence-corrected chi connectivity index (χ3v) is 4.33. The number of allylic oxidation sites excluding steroid dienone is 4. The predicted octanol–water partition coefficient (Wildman–Crippen LogP) is 6.11. The van der Waals surface area contributed by atoms with Crippen molar-refractivity contribution in [1.29, 1.82) is 5.26 Å². The highest BCUT2D eigenvalue weighted by Gasteiger charge is 1.99. The van der Waals surface area contributed by atoms with Crippen LogP contribution >= 0.6 is 0 Å². The zero-order chi connectivity index (χ0) is 18.6. The molecule has 2 aromatic carbocycles. The fourth-order valence-electron chi connectivity index (χ4n) is 2.80. The molecule has 1 nitrogen and oxygen atoms in total. The van der Waals surface area contributed by atoms with Gasteiger partial charge in [-0.25, -0.2) is 0 Å². The van der Waals surface area contributed by atoms with Crippen LogP contribution in [-0.4, -0.2) is 0 Å². The summed E-state index contributed by atoms with van der Waals surface area (Å²) in [6.45, 7) is 2.23. The lowest BCUT2D eigenvalue weighted by atomic mass is 10.0. The molecule has 0 saturated carbocycles. The summed E-state index contributed by atoms with van der Waals surface area (Å²) in [5.41, 5.74) is 5.35. The van der Waals surface area contributed by atoms with Crippen molar-refractivity contribution in [3.8, 4) is 18.4 Å². The van der Waals surface area contributed by atoms with Gasteiger partial charge in [-0.1, -0.05) is 74.2 Å². The van der Waals surface area contributed by atoms with E-state index in [2.05, 4.69) is 55.3 Å². The van der Waals surface area contributed by atoms with E-state index < -0.39 is 0 Å². The standard InChI is InChI=1S/C25H25N/c1-3-5-6-9-21-12-14-22(15-13-21)10-7-11-24(8-4-2)25-18-16-23(20-26)17-19-25/h2,7-8,11-19H,3,5-6,9-10H2,1H3/b11-7-,24-8+. The largest absolute Gasteiger partial charge is 0.192 e. The normalized spacial score (nSPS) is 11.3. The van der Waals surface area contributed by atoms with E-state index in [0.29, 0.717) is 5.56 Å². The molecule has 0 unspecified atom stereocenters. The van der Waals surface area contributed by atoms with Gasteiger partial charge in [-0.15, -0.1) is 6.42 Å². The van der Waals surface area contributed by atoms with Crippen LogP contribution in [0.15, 0.2) is 66.8 Å². The van der Waals surface area contributed by atoms with Crippen molar-refractivity contribution in [2.24, 2.45) is 0 Å². The monoisotopic (exact) mass is 339 g/mol. The number of nitrogens with zero attached hydrogens (tertiary/aromatic N) is 1. The number of unbranched alkanes of at least 4 members (excludes halogenated alkanes) is 2. The van der Waals surface area contributed by atoms with E-state index >= 15 is 0 Å². The van der Waals surface area contributed by atoms with E-state index in [9.17, 15) is 0 Å². The van der Waals surface area contributed by atoms with Crippen LogP contribution in [0, 0.1) is 23.7 Å². The van der Waals surface area contributed by atoms with Gasteiger partial charge >= 0.3 is 0 Å². The van der Waals surface area contributed by atoms with Gasteiger partial charge < -0.3 is 0 Å². The molecule has 0 heterocycles. The Labute approximate surface area is 157 Å². The van der Waals surface area contributed by atoms with Crippen LogP contribution in [0.5, 0.6) is 0 Å². The Kier molecular flexibility index (Phi) is 7.98. The molecule has 0 aromatic heterocycles. The highest BCUT2D eigenvalue weighted by atomic mass is 14.2. The van der Waals surface area contributed by atoms with Gasteiger partial charge in [0, 0.05) is 0 Å². The van der Waals surface area contributed by atoms with Crippen LogP contribution in [0.4, 0.5) is 0 Å². The van der Waals surface area contributed by atoms with Gasteiger partial charge in [0.25, 0.3) is 0 Å². The van der Waals surface area contributed by atoms with Gasteiger partial charge in [0.05, 0.1) is 11.6 Å². The molecule has 0 fully saturated rings. The molecule has 0 aliphatic carbocycles. The lowest BCUT2D eigenvalue weighted by Gasteiger charge is -2.04. The molecule has 0 spiro atoms. The van der Waals surface area contributed by atoms with E-state index in [1.807, 2.05) is 24.3 Å². The minimum absolute atomic E-state index is 0.650. The Morgan fingerprint density at radius 3 is 2.31 bits per heavy atom. The smallest absolute Gasteiger partial charge is 0.0991 e. The number of hydrogen-bond donors (Lipinski definition) is 0. The first-order valence-corrected chi connectivity index (χ1v) is 9.18. The second-order valence-corrected chi connectivity index (χ2v) is 6.34. The van der Waals surface area contributed by atoms with Crippen LogP contribution in [0.25, 0.3) is 5.57 Å². The van der Waals surface area contributed by atoms with Crippen molar-refractivity contribution >= 4 is 5.57 Å². The van der Waals surface area contributed by atoms with Crippen molar-refractivity contribution < 1.29 is 0 Å². The van der Waals surface area contributed by atoms with Crippen molar-refractivity contribution in [2.45, 2.75) is 39.0 Å². The second kappa shape index (κ2) is 10.8. The molecule has 0 bridgehead atoms. The van der Waals surface area contributed by atoms with Crippen LogP contribution in [0.1, 0.15) is 48.4 Å². The first kappa shape index (κ1) is 19.3. The molecule has 0 atom stereocenters. The van der Waals surface area contributed by atoms with Crippen molar-refractivity contribution in [3.05, 3.63) is 89.0 Å². The highest BCUT2D eigenvalue weighted by molar-refractivity contribution is 5.76. The molecule has 0 aliphatic heterocycles. The van der Waals surface area contributed by atoms with Gasteiger partial charge in [-0.05, 0) is 59.7 Å². The number of benzene rings is 2. The molecule has 2 rings (SSSR count). The van der Waals surface area contributed by atoms with E-state index in [4.69, 9.17) is 11.7 Å². The van der Waals surface area contributed by atoms with Crippen molar-refractivity contribution in [3.63, 3.8) is 0 Å². The SMILES string of the molecule is C#C/C=C(\C=C/Cc1ccc(CCCCC)cc1)c1ccc(C#N)cc1. The molecule has 0 saturated heterocycles. The number of hydrogen-bond acceptors (Lipinski definition) is 1. The van der Waals surface area contributed by atoms with Gasteiger partial charge in [0.1, 0.15) is 0 Å². The fourth-order valence-corrected chi connectivity index (χ4v) is 2.80. The van der Waals surface area contributed by atoms with Crippen LogP contribution in [-0.2, 0) is 12.8 Å². The van der Waals surface area contributed by atoms with Crippen LogP contribution in [0.2, 0.25) is 0 Å². The summed E-state index contributed by atoms with van der Waals surface area (Å²) in [5, 5.41) is 8.91. The molecule has 0 aliphatic rings. The fraction of sp³-hybridized carbons (Fsp3) is 0.240.